The molecule has 0 aromatic rings. The largest absolute Gasteiger partial charge is 0.340 e. The predicted octanol–water partition coefficient (Wildman–Crippen LogP) is 1.76. The maximum absolute atomic E-state index is 4.27. The summed E-state index contributed by atoms with van der Waals surface area (Å²) in [4.78, 5) is 2.33. The number of hydrogen-bond donors (Lipinski definition) is 1. The quantitative estimate of drug-likeness (QED) is 0.679. The highest BCUT2D eigenvalue weighted by Crippen LogP contribution is 2.06. The SMILES string of the molecule is CCCCC1=NNCN1CCC. The molecule has 12 heavy (non-hydrogen) atoms. The highest BCUT2D eigenvalue weighted by atomic mass is 15.5. The Kier molecular flexibility index (Phi) is 3.91. The molecule has 0 saturated heterocycles. The summed E-state index contributed by atoms with van der Waals surface area (Å²) in [6.45, 7) is 6.46. The lowest BCUT2D eigenvalue weighted by atomic mass is 10.2. The third-order valence-electron chi connectivity index (χ3n) is 2.08. The lowest BCUT2D eigenvalue weighted by Gasteiger charge is -2.17. The molecule has 0 aromatic heterocycles. The van der Waals surface area contributed by atoms with E-state index in [2.05, 4.69) is 29.3 Å². The third kappa shape index (κ3) is 2.40. The second-order valence-electron chi connectivity index (χ2n) is 3.21. The monoisotopic (exact) mass is 169 g/mol. The highest BCUT2D eigenvalue weighted by Gasteiger charge is 2.14. The van der Waals surface area contributed by atoms with Crippen LogP contribution in [0, 0.1) is 0 Å². The van der Waals surface area contributed by atoms with Crippen LogP contribution < -0.4 is 5.43 Å². The number of hydrazone groups is 1. The molecule has 0 fully saturated rings. The molecule has 0 unspecified atom stereocenters. The van der Waals surface area contributed by atoms with E-state index in [-0.39, 0.29) is 0 Å². The summed E-state index contributed by atoms with van der Waals surface area (Å²) in [5.74, 6) is 1.25. The second-order valence-corrected chi connectivity index (χ2v) is 3.21. The first kappa shape index (κ1) is 9.36. The molecule has 0 amide bonds. The number of rotatable bonds is 5. The van der Waals surface area contributed by atoms with Crippen LogP contribution in [0.15, 0.2) is 5.10 Å². The fraction of sp³-hybridized carbons (Fsp3) is 0.889. The summed E-state index contributed by atoms with van der Waals surface area (Å²) in [5.41, 5.74) is 3.03. The Morgan fingerprint density at radius 1 is 1.42 bits per heavy atom. The molecular formula is C9H19N3. The lowest BCUT2D eigenvalue weighted by molar-refractivity contribution is 0.417. The van der Waals surface area contributed by atoms with Gasteiger partial charge in [0.25, 0.3) is 0 Å². The molecule has 0 bridgehead atoms. The topological polar surface area (TPSA) is 27.6 Å². The van der Waals surface area contributed by atoms with Crippen molar-refractivity contribution in [3.8, 4) is 0 Å². The maximum atomic E-state index is 4.27. The van der Waals surface area contributed by atoms with Crippen molar-refractivity contribution < 1.29 is 0 Å². The fourth-order valence-electron chi connectivity index (χ4n) is 1.40. The van der Waals surface area contributed by atoms with Crippen molar-refractivity contribution in [3.63, 3.8) is 0 Å². The summed E-state index contributed by atoms with van der Waals surface area (Å²) < 4.78 is 0. The zero-order valence-corrected chi connectivity index (χ0v) is 8.14. The number of amidine groups is 1. The summed E-state index contributed by atoms with van der Waals surface area (Å²) in [6, 6.07) is 0. The molecule has 1 aliphatic heterocycles. The normalized spacial score (nSPS) is 16.2. The molecule has 0 aromatic carbocycles. The van der Waals surface area contributed by atoms with Crippen LogP contribution in [0.1, 0.15) is 39.5 Å². The molecule has 3 nitrogen and oxygen atoms in total. The van der Waals surface area contributed by atoms with Crippen LogP contribution >= 0.6 is 0 Å². The van der Waals surface area contributed by atoms with E-state index < -0.39 is 0 Å². The van der Waals surface area contributed by atoms with Gasteiger partial charge in [0, 0.05) is 13.0 Å². The van der Waals surface area contributed by atoms with Crippen LogP contribution in [0.4, 0.5) is 0 Å². The van der Waals surface area contributed by atoms with Gasteiger partial charge in [-0.1, -0.05) is 20.3 Å². The third-order valence-corrected chi connectivity index (χ3v) is 2.08. The summed E-state index contributed by atoms with van der Waals surface area (Å²) >= 11 is 0. The number of nitrogens with one attached hydrogen (secondary N) is 1. The van der Waals surface area contributed by atoms with Crippen LogP contribution in [0.3, 0.4) is 0 Å². The smallest absolute Gasteiger partial charge is 0.126 e. The molecule has 1 heterocycles. The van der Waals surface area contributed by atoms with Gasteiger partial charge in [-0.15, -0.1) is 0 Å². The van der Waals surface area contributed by atoms with Crippen molar-refractivity contribution in [1.29, 1.82) is 0 Å². The van der Waals surface area contributed by atoms with E-state index >= 15 is 0 Å². The average molecular weight is 169 g/mol. The Morgan fingerprint density at radius 3 is 2.92 bits per heavy atom. The van der Waals surface area contributed by atoms with Gasteiger partial charge in [0.1, 0.15) is 12.5 Å². The van der Waals surface area contributed by atoms with Gasteiger partial charge in [-0.25, -0.2) is 0 Å². The van der Waals surface area contributed by atoms with Crippen LogP contribution in [0.2, 0.25) is 0 Å². The maximum Gasteiger partial charge on any atom is 0.126 e. The Labute approximate surface area is 74.8 Å². The van der Waals surface area contributed by atoms with Gasteiger partial charge in [-0.2, -0.15) is 5.10 Å². The first-order chi connectivity index (χ1) is 5.88. The Morgan fingerprint density at radius 2 is 2.25 bits per heavy atom. The van der Waals surface area contributed by atoms with Gasteiger partial charge < -0.3 is 4.90 Å². The van der Waals surface area contributed by atoms with E-state index in [0.717, 1.165) is 19.6 Å². The molecule has 70 valence electrons. The minimum atomic E-state index is 0.910. The Hall–Kier alpha value is -0.730. The van der Waals surface area contributed by atoms with Gasteiger partial charge in [-0.05, 0) is 12.8 Å². The standard InChI is InChI=1S/C9H19N3/c1-3-5-6-9-11-10-8-12(9)7-4-2/h10H,3-8H2,1-2H3. The molecule has 0 atom stereocenters. The van der Waals surface area contributed by atoms with Crippen molar-refractivity contribution in [2.45, 2.75) is 39.5 Å². The van der Waals surface area contributed by atoms with Crippen LogP contribution in [-0.4, -0.2) is 23.9 Å². The summed E-state index contributed by atoms with van der Waals surface area (Å²) in [5, 5.41) is 4.27. The van der Waals surface area contributed by atoms with Crippen molar-refractivity contribution in [2.24, 2.45) is 5.10 Å². The molecular weight excluding hydrogens is 150 g/mol. The molecule has 3 heteroatoms. The lowest BCUT2D eigenvalue weighted by Crippen LogP contribution is -2.30. The van der Waals surface area contributed by atoms with E-state index in [0.29, 0.717) is 0 Å². The molecule has 0 radical (unpaired) electrons. The van der Waals surface area contributed by atoms with E-state index in [1.807, 2.05) is 0 Å². The number of hydrogen-bond acceptors (Lipinski definition) is 3. The van der Waals surface area contributed by atoms with Crippen LogP contribution in [0.25, 0.3) is 0 Å². The van der Waals surface area contributed by atoms with E-state index in [1.54, 1.807) is 0 Å². The summed E-state index contributed by atoms with van der Waals surface area (Å²) in [6.07, 6.45) is 4.83. The van der Waals surface area contributed by atoms with Gasteiger partial charge >= 0.3 is 0 Å². The first-order valence-electron chi connectivity index (χ1n) is 4.92. The van der Waals surface area contributed by atoms with Crippen molar-refractivity contribution in [2.75, 3.05) is 13.2 Å². The average Bonchev–Trinajstić information content (AvgIpc) is 2.50. The van der Waals surface area contributed by atoms with Crippen molar-refractivity contribution in [1.82, 2.24) is 10.3 Å². The zero-order valence-electron chi connectivity index (χ0n) is 8.14. The van der Waals surface area contributed by atoms with Gasteiger partial charge in [0.15, 0.2) is 0 Å². The Balaban J connectivity index is 2.29. The minimum absolute atomic E-state index is 0.910. The highest BCUT2D eigenvalue weighted by molar-refractivity contribution is 5.83. The molecule has 0 saturated carbocycles. The zero-order chi connectivity index (χ0) is 8.81. The molecule has 1 rings (SSSR count). The molecule has 1 aliphatic rings. The van der Waals surface area contributed by atoms with E-state index in [1.165, 1.54) is 25.1 Å². The number of unbranched alkanes of at least 4 members (excludes halogenated alkanes) is 1. The van der Waals surface area contributed by atoms with E-state index in [9.17, 15) is 0 Å². The van der Waals surface area contributed by atoms with Crippen molar-refractivity contribution >= 4 is 5.84 Å². The van der Waals surface area contributed by atoms with Crippen molar-refractivity contribution in [3.05, 3.63) is 0 Å². The van der Waals surface area contributed by atoms with E-state index in [4.69, 9.17) is 0 Å². The van der Waals surface area contributed by atoms with Crippen LogP contribution in [-0.2, 0) is 0 Å². The molecule has 0 spiro atoms. The molecule has 1 N–H and O–H groups in total. The van der Waals surface area contributed by atoms with Gasteiger partial charge in [-0.3, -0.25) is 5.43 Å². The Bertz CT molecular complexity index is 154. The van der Waals surface area contributed by atoms with Gasteiger partial charge in [0.05, 0.1) is 0 Å². The minimum Gasteiger partial charge on any atom is -0.340 e. The number of nitrogens with zero attached hydrogens (tertiary/aromatic N) is 2. The second kappa shape index (κ2) is 5.01. The first-order valence-corrected chi connectivity index (χ1v) is 4.92. The molecule has 0 aliphatic carbocycles. The fourth-order valence-corrected chi connectivity index (χ4v) is 1.40. The summed E-state index contributed by atoms with van der Waals surface area (Å²) in [7, 11) is 0. The predicted molar refractivity (Wildman–Crippen MR) is 52.0 cm³/mol. The van der Waals surface area contributed by atoms with Crippen LogP contribution in [0.5, 0.6) is 0 Å². The van der Waals surface area contributed by atoms with Gasteiger partial charge in [0.2, 0.25) is 0 Å².